The highest BCUT2D eigenvalue weighted by Crippen LogP contribution is 2.14. The fourth-order valence-corrected chi connectivity index (χ4v) is 2.20. The number of hydrogen-bond donors (Lipinski definition) is 2. The predicted octanol–water partition coefficient (Wildman–Crippen LogP) is 0.730. The molecule has 0 saturated heterocycles. The van der Waals surface area contributed by atoms with Crippen LogP contribution in [0, 0.1) is 0 Å². The number of carbonyl (C=O) groups is 3. The molecule has 9 heteroatoms. The Bertz CT molecular complexity index is 532. The topological polar surface area (TPSA) is 121 Å². The first-order chi connectivity index (χ1) is 10.5. The van der Waals surface area contributed by atoms with Crippen LogP contribution in [0.15, 0.2) is 6.20 Å². The number of nitrogens with zero attached hydrogens (tertiary/aromatic N) is 1. The molecule has 1 aromatic heterocycles. The molecule has 0 spiro atoms. The van der Waals surface area contributed by atoms with Crippen LogP contribution in [0.3, 0.4) is 0 Å². The summed E-state index contributed by atoms with van der Waals surface area (Å²) in [6, 6.07) is -0.930. The molecule has 3 N–H and O–H groups in total. The third-order valence-electron chi connectivity index (χ3n) is 2.57. The first-order valence-corrected chi connectivity index (χ1v) is 7.64. The van der Waals surface area contributed by atoms with Gasteiger partial charge < -0.3 is 20.5 Å². The summed E-state index contributed by atoms with van der Waals surface area (Å²) in [5, 5.41) is 2.78. The van der Waals surface area contributed by atoms with E-state index in [1.807, 2.05) is 0 Å². The molecule has 1 amide bonds. The van der Waals surface area contributed by atoms with Crippen LogP contribution in [0.1, 0.15) is 36.4 Å². The van der Waals surface area contributed by atoms with Crippen LogP contribution in [0.5, 0.6) is 0 Å². The average Bonchev–Trinajstić information content (AvgIpc) is 2.90. The molecule has 1 atom stereocenters. The minimum absolute atomic E-state index is 0.00241. The predicted molar refractivity (Wildman–Crippen MR) is 80.3 cm³/mol. The molecule has 0 aliphatic heterocycles. The van der Waals surface area contributed by atoms with Crippen molar-refractivity contribution >= 4 is 34.3 Å². The van der Waals surface area contributed by atoms with Crippen LogP contribution in [0.25, 0.3) is 0 Å². The number of nitrogens with two attached hydrogens (primary N) is 1. The van der Waals surface area contributed by atoms with Gasteiger partial charge >= 0.3 is 11.9 Å². The van der Waals surface area contributed by atoms with E-state index in [0.717, 1.165) is 11.3 Å². The lowest BCUT2D eigenvalue weighted by Gasteiger charge is -2.16. The summed E-state index contributed by atoms with van der Waals surface area (Å²) in [5.74, 6) is -1.53. The lowest BCUT2D eigenvalue weighted by molar-refractivity contribution is -0.146. The highest BCUT2D eigenvalue weighted by Gasteiger charge is 2.24. The number of rotatable bonds is 8. The van der Waals surface area contributed by atoms with Crippen LogP contribution >= 0.6 is 11.3 Å². The van der Waals surface area contributed by atoms with E-state index in [2.05, 4.69) is 10.3 Å². The molecule has 122 valence electrons. The van der Waals surface area contributed by atoms with E-state index >= 15 is 0 Å². The standard InChI is InChI=1S/C13H19N3O5S/c1-3-20-10(17)6-5-8(12(19)21-4-2)16-11(18)9-7-15-13(14)22-9/h7-8H,3-6H2,1-2H3,(H2,14,15)(H,16,18)/t8-/m0/s1. The second-order valence-corrected chi connectivity index (χ2v) is 5.25. The van der Waals surface area contributed by atoms with Crippen LogP contribution in [0.4, 0.5) is 5.13 Å². The molecule has 1 heterocycles. The lowest BCUT2D eigenvalue weighted by atomic mass is 10.1. The molecule has 22 heavy (non-hydrogen) atoms. The minimum Gasteiger partial charge on any atom is -0.466 e. The molecule has 0 bridgehead atoms. The van der Waals surface area contributed by atoms with E-state index in [-0.39, 0.29) is 36.1 Å². The molecule has 0 aromatic carbocycles. The zero-order chi connectivity index (χ0) is 16.5. The van der Waals surface area contributed by atoms with E-state index in [1.165, 1.54) is 6.20 Å². The molecule has 1 rings (SSSR count). The van der Waals surface area contributed by atoms with E-state index in [1.54, 1.807) is 13.8 Å². The second kappa shape index (κ2) is 8.98. The molecule has 0 aliphatic rings. The Labute approximate surface area is 132 Å². The number of esters is 2. The van der Waals surface area contributed by atoms with E-state index in [4.69, 9.17) is 15.2 Å². The first kappa shape index (κ1) is 17.9. The molecule has 0 fully saturated rings. The van der Waals surface area contributed by atoms with Gasteiger partial charge in [0.1, 0.15) is 10.9 Å². The summed E-state index contributed by atoms with van der Waals surface area (Å²) in [6.45, 7) is 3.79. The molecule has 0 unspecified atom stereocenters. The molecule has 0 radical (unpaired) electrons. The van der Waals surface area contributed by atoms with Crippen LogP contribution < -0.4 is 11.1 Å². The molecule has 8 nitrogen and oxygen atoms in total. The number of anilines is 1. The van der Waals surface area contributed by atoms with E-state index in [9.17, 15) is 14.4 Å². The number of thiazole rings is 1. The van der Waals surface area contributed by atoms with Crippen molar-refractivity contribution in [1.29, 1.82) is 0 Å². The van der Waals surface area contributed by atoms with Crippen molar-refractivity contribution in [3.63, 3.8) is 0 Å². The van der Waals surface area contributed by atoms with E-state index in [0.29, 0.717) is 0 Å². The Hall–Kier alpha value is -2.16. The molecule has 0 saturated carbocycles. The van der Waals surface area contributed by atoms with Gasteiger partial charge in [0.05, 0.1) is 19.4 Å². The number of ether oxygens (including phenoxy) is 2. The highest BCUT2D eigenvalue weighted by molar-refractivity contribution is 7.17. The summed E-state index contributed by atoms with van der Waals surface area (Å²) in [7, 11) is 0. The summed E-state index contributed by atoms with van der Waals surface area (Å²) in [4.78, 5) is 39.3. The number of amides is 1. The molecule has 1 aromatic rings. The number of aromatic nitrogens is 1. The molecular formula is C13H19N3O5S. The first-order valence-electron chi connectivity index (χ1n) is 6.82. The van der Waals surface area contributed by atoms with Crippen LogP contribution in [-0.4, -0.2) is 42.1 Å². The van der Waals surface area contributed by atoms with Crippen molar-refractivity contribution < 1.29 is 23.9 Å². The third-order valence-corrected chi connectivity index (χ3v) is 3.39. The van der Waals surface area contributed by atoms with Gasteiger partial charge in [-0.25, -0.2) is 9.78 Å². The van der Waals surface area contributed by atoms with Crippen molar-refractivity contribution in [2.24, 2.45) is 0 Å². The van der Waals surface area contributed by atoms with Gasteiger partial charge in [0.2, 0.25) is 0 Å². The maximum absolute atomic E-state index is 12.0. The van der Waals surface area contributed by atoms with Gasteiger partial charge in [-0.3, -0.25) is 9.59 Å². The average molecular weight is 329 g/mol. The van der Waals surface area contributed by atoms with Crippen molar-refractivity contribution in [2.45, 2.75) is 32.7 Å². The Morgan fingerprint density at radius 1 is 1.32 bits per heavy atom. The molecular weight excluding hydrogens is 310 g/mol. The Kier molecular flexibility index (Phi) is 7.30. The van der Waals surface area contributed by atoms with Gasteiger partial charge in [0.15, 0.2) is 5.13 Å². The maximum Gasteiger partial charge on any atom is 0.328 e. The fraction of sp³-hybridized carbons (Fsp3) is 0.538. The van der Waals surface area contributed by atoms with Crippen LogP contribution in [0.2, 0.25) is 0 Å². The van der Waals surface area contributed by atoms with Gasteiger partial charge in [-0.1, -0.05) is 11.3 Å². The number of nitrogen functional groups attached to an aromatic ring is 1. The monoisotopic (exact) mass is 329 g/mol. The summed E-state index contributed by atoms with van der Waals surface area (Å²) < 4.78 is 9.69. The maximum atomic E-state index is 12.0. The van der Waals surface area contributed by atoms with Crippen LogP contribution in [-0.2, 0) is 19.1 Å². The largest absolute Gasteiger partial charge is 0.466 e. The number of hydrogen-bond acceptors (Lipinski definition) is 8. The summed E-state index contributed by atoms with van der Waals surface area (Å²) in [5.41, 5.74) is 5.46. The van der Waals surface area contributed by atoms with Crippen molar-refractivity contribution in [2.75, 3.05) is 18.9 Å². The Morgan fingerprint density at radius 2 is 2.00 bits per heavy atom. The lowest BCUT2D eigenvalue weighted by Crippen LogP contribution is -2.42. The summed E-state index contributed by atoms with van der Waals surface area (Å²) in [6.07, 6.45) is 1.42. The van der Waals surface area contributed by atoms with Gasteiger partial charge in [-0.15, -0.1) is 0 Å². The zero-order valence-corrected chi connectivity index (χ0v) is 13.3. The van der Waals surface area contributed by atoms with Gasteiger partial charge in [-0.05, 0) is 20.3 Å². The van der Waals surface area contributed by atoms with Gasteiger partial charge in [0, 0.05) is 6.42 Å². The fourth-order valence-electron chi connectivity index (χ4n) is 1.61. The highest BCUT2D eigenvalue weighted by atomic mass is 32.1. The quantitative estimate of drug-likeness (QED) is 0.674. The third kappa shape index (κ3) is 5.68. The van der Waals surface area contributed by atoms with Crippen molar-refractivity contribution in [3.8, 4) is 0 Å². The van der Waals surface area contributed by atoms with Crippen molar-refractivity contribution in [3.05, 3.63) is 11.1 Å². The molecule has 0 aliphatic carbocycles. The minimum atomic E-state index is -0.930. The Morgan fingerprint density at radius 3 is 2.55 bits per heavy atom. The van der Waals surface area contributed by atoms with E-state index < -0.39 is 23.9 Å². The Balaban J connectivity index is 2.66. The van der Waals surface area contributed by atoms with Crippen molar-refractivity contribution in [1.82, 2.24) is 10.3 Å². The number of nitrogens with one attached hydrogen (secondary N) is 1. The van der Waals surface area contributed by atoms with Gasteiger partial charge in [0.25, 0.3) is 5.91 Å². The SMILES string of the molecule is CCOC(=O)CC[C@H](NC(=O)c1cnc(N)s1)C(=O)OCC. The second-order valence-electron chi connectivity index (χ2n) is 4.18. The normalized spacial score (nSPS) is 11.5. The van der Waals surface area contributed by atoms with Gasteiger partial charge in [-0.2, -0.15) is 0 Å². The number of carbonyl (C=O) groups excluding carboxylic acids is 3. The summed E-state index contributed by atoms with van der Waals surface area (Å²) >= 11 is 1.01. The smallest absolute Gasteiger partial charge is 0.328 e. The zero-order valence-electron chi connectivity index (χ0n) is 12.5.